The second kappa shape index (κ2) is 11.0. The number of para-hydroxylation sites is 2. The largest absolute Gasteiger partial charge is 0.485 e. The molecule has 0 N–H and O–H groups in total. The summed E-state index contributed by atoms with van der Waals surface area (Å²) in [4.78, 5) is 0. The van der Waals surface area contributed by atoms with Crippen molar-refractivity contribution in [2.24, 2.45) is 0 Å². The Balaban J connectivity index is 1.05. The van der Waals surface area contributed by atoms with Gasteiger partial charge in [0.15, 0.2) is 0 Å². The van der Waals surface area contributed by atoms with Gasteiger partial charge in [0.25, 0.3) is 0 Å². The van der Waals surface area contributed by atoms with E-state index in [1.807, 2.05) is 78.9 Å². The number of fused-ring (bicyclic) bond motifs is 10. The molecule has 6 aromatic carbocycles. The van der Waals surface area contributed by atoms with Crippen LogP contribution in [0.2, 0.25) is 0 Å². The molecule has 0 radical (unpaired) electrons. The van der Waals surface area contributed by atoms with Crippen LogP contribution in [0.15, 0.2) is 133 Å². The van der Waals surface area contributed by atoms with Crippen molar-refractivity contribution in [1.29, 1.82) is 15.8 Å². The van der Waals surface area contributed by atoms with Gasteiger partial charge in [0, 0.05) is 39.3 Å². The van der Waals surface area contributed by atoms with Crippen molar-refractivity contribution in [3.05, 3.63) is 161 Å². The minimum Gasteiger partial charge on any atom is -0.485 e. The molecule has 0 fully saturated rings. The summed E-state index contributed by atoms with van der Waals surface area (Å²) in [5.41, 5.74) is 10.8. The van der Waals surface area contributed by atoms with Crippen LogP contribution >= 0.6 is 0 Å². The molecule has 0 saturated carbocycles. The van der Waals surface area contributed by atoms with E-state index in [9.17, 15) is 15.8 Å². The van der Waals surface area contributed by atoms with Gasteiger partial charge in [-0.15, -0.1) is 0 Å². The molecule has 51 heavy (non-hydrogen) atoms. The highest BCUT2D eigenvalue weighted by Crippen LogP contribution is 2.53. The maximum absolute atomic E-state index is 10.4. The van der Waals surface area contributed by atoms with Gasteiger partial charge in [0.05, 0.1) is 45.5 Å². The van der Waals surface area contributed by atoms with E-state index in [1.54, 1.807) is 0 Å². The fourth-order valence-corrected chi connectivity index (χ4v) is 8.31. The van der Waals surface area contributed by atoms with Crippen LogP contribution in [0.1, 0.15) is 39.7 Å². The number of rotatable bonds is 3. The molecule has 0 amide bonds. The first-order valence-corrected chi connectivity index (χ1v) is 16.9. The zero-order chi connectivity index (χ0) is 34.2. The Hall–Kier alpha value is -7.07. The van der Waals surface area contributed by atoms with Crippen molar-refractivity contribution in [3.63, 3.8) is 0 Å². The predicted octanol–water partition coefficient (Wildman–Crippen LogP) is 9.69. The summed E-state index contributed by atoms with van der Waals surface area (Å²) >= 11 is 0. The monoisotopic (exact) mass is 654 g/mol. The van der Waals surface area contributed by atoms with Crippen LogP contribution in [0.5, 0.6) is 11.5 Å². The van der Waals surface area contributed by atoms with Gasteiger partial charge >= 0.3 is 0 Å². The lowest BCUT2D eigenvalue weighted by Crippen LogP contribution is -2.40. The van der Waals surface area contributed by atoms with Gasteiger partial charge in [-0.25, -0.2) is 0 Å². The Bertz CT molecular complexity index is 2770. The molecule has 0 spiro atoms. The summed E-state index contributed by atoms with van der Waals surface area (Å²) in [6, 6.07) is 47.0. The third-order valence-corrected chi connectivity index (χ3v) is 10.7. The first kappa shape index (κ1) is 28.9. The molecule has 10 rings (SSSR count). The van der Waals surface area contributed by atoms with Gasteiger partial charge in [-0.1, -0.05) is 66.7 Å². The van der Waals surface area contributed by atoms with Crippen LogP contribution in [0, 0.1) is 34.0 Å². The first-order valence-electron chi connectivity index (χ1n) is 16.9. The SMILES string of the molecule is N#Cc1ccc(-c2ccc3c(c2)C2C=CC4c5cc(-c6cccc(C#N)c6-n6c7ccccc7c7cc(C#N)ccc76)ccc5OC4C2O3)cc1. The van der Waals surface area contributed by atoms with Crippen LogP contribution in [-0.4, -0.2) is 16.8 Å². The fourth-order valence-electron chi connectivity index (χ4n) is 8.31. The van der Waals surface area contributed by atoms with E-state index in [0.29, 0.717) is 16.7 Å². The summed E-state index contributed by atoms with van der Waals surface area (Å²) in [5.74, 6) is 1.78. The maximum atomic E-state index is 10.4. The third kappa shape index (κ3) is 4.26. The average Bonchev–Trinajstić information content (AvgIpc) is 3.86. The number of hydrogen-bond acceptors (Lipinski definition) is 5. The molecule has 2 aliphatic heterocycles. The number of benzene rings is 6. The number of aromatic nitrogens is 1. The van der Waals surface area contributed by atoms with Gasteiger partial charge in [-0.2, -0.15) is 15.8 Å². The van der Waals surface area contributed by atoms with Crippen LogP contribution in [0.3, 0.4) is 0 Å². The van der Waals surface area contributed by atoms with Crippen LogP contribution in [0.4, 0.5) is 0 Å². The van der Waals surface area contributed by atoms with Gasteiger partial charge in [-0.3, -0.25) is 0 Å². The minimum atomic E-state index is -0.187. The Morgan fingerprint density at radius 2 is 1.14 bits per heavy atom. The van der Waals surface area contributed by atoms with Crippen LogP contribution < -0.4 is 9.47 Å². The molecule has 6 heteroatoms. The smallest absolute Gasteiger partial charge is 0.147 e. The average molecular weight is 655 g/mol. The lowest BCUT2D eigenvalue weighted by Gasteiger charge is -2.30. The number of nitriles is 3. The molecule has 1 aliphatic carbocycles. The zero-order valence-corrected chi connectivity index (χ0v) is 27.1. The molecular weight excluding hydrogens is 629 g/mol. The third-order valence-electron chi connectivity index (χ3n) is 10.7. The second-order valence-corrected chi connectivity index (χ2v) is 13.3. The highest BCUT2D eigenvalue weighted by atomic mass is 16.6. The maximum Gasteiger partial charge on any atom is 0.147 e. The normalized spacial score (nSPS) is 19.2. The van der Waals surface area contributed by atoms with E-state index >= 15 is 0 Å². The van der Waals surface area contributed by atoms with Crippen LogP contribution in [-0.2, 0) is 0 Å². The second-order valence-electron chi connectivity index (χ2n) is 13.3. The molecule has 1 aromatic heterocycles. The summed E-state index contributed by atoms with van der Waals surface area (Å²) in [7, 11) is 0. The molecule has 3 heterocycles. The molecule has 0 saturated heterocycles. The van der Waals surface area contributed by atoms with Crippen molar-refractivity contribution < 1.29 is 9.47 Å². The zero-order valence-electron chi connectivity index (χ0n) is 27.1. The molecule has 3 aliphatic rings. The van der Waals surface area contributed by atoms with E-state index in [0.717, 1.165) is 72.4 Å². The number of ether oxygens (including phenoxy) is 2. The first-order chi connectivity index (χ1) is 25.1. The molecule has 4 unspecified atom stereocenters. The highest BCUT2D eigenvalue weighted by molar-refractivity contribution is 6.10. The van der Waals surface area contributed by atoms with E-state index in [2.05, 4.69) is 77.4 Å². The van der Waals surface area contributed by atoms with Crippen molar-refractivity contribution in [1.82, 2.24) is 4.57 Å². The van der Waals surface area contributed by atoms with Crippen molar-refractivity contribution in [3.8, 4) is 57.6 Å². The van der Waals surface area contributed by atoms with Crippen molar-refractivity contribution >= 4 is 21.8 Å². The Morgan fingerprint density at radius 3 is 1.84 bits per heavy atom. The van der Waals surface area contributed by atoms with E-state index < -0.39 is 0 Å². The molecular formula is C45H26N4O2. The van der Waals surface area contributed by atoms with Gasteiger partial charge < -0.3 is 14.0 Å². The van der Waals surface area contributed by atoms with E-state index in [1.165, 1.54) is 0 Å². The standard InChI is InChI=1S/C45H26N4O2/c46-23-26-8-11-28(12-9-26)29-13-18-41-37(21-29)34-15-16-35-38-22-30(14-19-42(38)51-45(35)44(34)50-41)32-6-3-4-31(25-48)43(32)49-39-7-2-1-5-33(39)36-20-27(24-47)10-17-40(36)49/h1-22,34-35,44-45H. The minimum absolute atomic E-state index is 0.00810. The summed E-state index contributed by atoms with van der Waals surface area (Å²) in [6.45, 7) is 0. The molecule has 0 bridgehead atoms. The summed E-state index contributed by atoms with van der Waals surface area (Å²) < 4.78 is 15.5. The van der Waals surface area contributed by atoms with Crippen LogP contribution in [0.25, 0.3) is 49.7 Å². The van der Waals surface area contributed by atoms with Crippen molar-refractivity contribution in [2.75, 3.05) is 0 Å². The summed E-state index contributed by atoms with van der Waals surface area (Å²) in [5, 5.41) is 31.3. The Morgan fingerprint density at radius 1 is 0.510 bits per heavy atom. The van der Waals surface area contributed by atoms with Gasteiger partial charge in [0.2, 0.25) is 0 Å². The lowest BCUT2D eigenvalue weighted by atomic mass is 9.79. The van der Waals surface area contributed by atoms with Gasteiger partial charge in [0.1, 0.15) is 29.8 Å². The number of hydrogen-bond donors (Lipinski definition) is 0. The number of nitrogens with zero attached hydrogens (tertiary/aromatic N) is 4. The predicted molar refractivity (Wildman–Crippen MR) is 196 cm³/mol. The van der Waals surface area contributed by atoms with Gasteiger partial charge in [-0.05, 0) is 83.4 Å². The molecule has 4 atom stereocenters. The quantitative estimate of drug-likeness (QED) is 0.177. The van der Waals surface area contributed by atoms with Crippen molar-refractivity contribution in [2.45, 2.75) is 24.0 Å². The Kier molecular flexibility index (Phi) is 6.22. The summed E-state index contributed by atoms with van der Waals surface area (Å²) in [6.07, 6.45) is 4.17. The Labute approximate surface area is 293 Å². The molecule has 7 aromatic rings. The lowest BCUT2D eigenvalue weighted by molar-refractivity contribution is 0.0631. The van der Waals surface area contributed by atoms with E-state index in [-0.39, 0.29) is 24.0 Å². The fraction of sp³-hybridized carbons (Fsp3) is 0.0889. The molecule has 238 valence electrons. The van der Waals surface area contributed by atoms with E-state index in [4.69, 9.17) is 9.47 Å². The molecule has 6 nitrogen and oxygen atoms in total. The highest BCUT2D eigenvalue weighted by Gasteiger charge is 2.49. The topological polar surface area (TPSA) is 94.8 Å².